The molecule has 1 aromatic heterocycles. The topological polar surface area (TPSA) is 97.6 Å². The Morgan fingerprint density at radius 1 is 1.19 bits per heavy atom. The summed E-state index contributed by atoms with van der Waals surface area (Å²) in [5.41, 5.74) is 0.710. The molecule has 1 N–H and O–H groups in total. The Bertz CT molecular complexity index is 1100. The van der Waals surface area contributed by atoms with Gasteiger partial charge in [0.15, 0.2) is 6.61 Å². The number of para-hydroxylation sites is 1. The molecule has 0 bridgehead atoms. The van der Waals surface area contributed by atoms with Crippen LogP contribution in [0.15, 0.2) is 47.0 Å². The van der Waals surface area contributed by atoms with Crippen LogP contribution in [0.5, 0.6) is 5.75 Å². The molecule has 0 aliphatic carbocycles. The number of carbonyl (C=O) groups excluding carboxylic acids is 2. The molecule has 8 nitrogen and oxygen atoms in total. The number of aromatic nitrogens is 2. The minimum Gasteiger partial charge on any atom is -0.485 e. The molecule has 0 unspecified atom stereocenters. The monoisotopic (exact) mass is 476 g/mol. The van der Waals surface area contributed by atoms with E-state index < -0.39 is 5.91 Å². The van der Waals surface area contributed by atoms with E-state index in [0.717, 1.165) is 0 Å². The van der Waals surface area contributed by atoms with E-state index in [1.165, 1.54) is 4.90 Å². The van der Waals surface area contributed by atoms with Crippen molar-refractivity contribution >= 4 is 40.7 Å². The number of hydrogen-bond donors (Lipinski definition) is 1. The lowest BCUT2D eigenvalue weighted by molar-refractivity contribution is -0.116. The second-order valence-electron chi connectivity index (χ2n) is 6.91. The van der Waals surface area contributed by atoms with E-state index in [1.807, 2.05) is 6.92 Å². The molecule has 2 aromatic carbocycles. The predicted molar refractivity (Wildman–Crippen MR) is 121 cm³/mol. The molecule has 3 rings (SSSR count). The number of nitrogens with zero attached hydrogens (tertiary/aromatic N) is 3. The third-order valence-electron chi connectivity index (χ3n) is 4.36. The number of halogens is 2. The summed E-state index contributed by atoms with van der Waals surface area (Å²) in [6.45, 7) is 3.87. The van der Waals surface area contributed by atoms with Crippen LogP contribution in [0.25, 0.3) is 0 Å². The van der Waals surface area contributed by atoms with Crippen LogP contribution in [0.3, 0.4) is 0 Å². The van der Waals surface area contributed by atoms with Gasteiger partial charge in [-0.2, -0.15) is 4.98 Å². The van der Waals surface area contributed by atoms with Gasteiger partial charge in [0.25, 0.3) is 5.91 Å². The van der Waals surface area contributed by atoms with Gasteiger partial charge in [0.1, 0.15) is 12.3 Å². The second kappa shape index (κ2) is 11.0. The maximum Gasteiger partial charge on any atom is 0.258 e. The molecule has 0 radical (unpaired) electrons. The molecule has 0 spiro atoms. The Kier molecular flexibility index (Phi) is 8.08. The minimum absolute atomic E-state index is 0.0448. The first-order chi connectivity index (χ1) is 15.4. The highest BCUT2D eigenvalue weighted by Gasteiger charge is 2.22. The molecule has 0 saturated heterocycles. The Hall–Kier alpha value is -3.10. The highest BCUT2D eigenvalue weighted by molar-refractivity contribution is 6.35. The van der Waals surface area contributed by atoms with Crippen LogP contribution in [-0.4, -0.2) is 39.9 Å². The second-order valence-corrected chi connectivity index (χ2v) is 7.76. The predicted octanol–water partition coefficient (Wildman–Crippen LogP) is 4.75. The summed E-state index contributed by atoms with van der Waals surface area (Å²) in [6.07, 6.45) is 0.669. The molecule has 0 atom stereocenters. The number of nitrogens with one attached hydrogen (secondary N) is 1. The highest BCUT2D eigenvalue weighted by atomic mass is 35.5. The summed E-state index contributed by atoms with van der Waals surface area (Å²) < 4.78 is 10.7. The molecular formula is C22H22Cl2N4O4. The van der Waals surface area contributed by atoms with Crippen LogP contribution >= 0.6 is 23.2 Å². The van der Waals surface area contributed by atoms with Gasteiger partial charge in [0.2, 0.25) is 17.6 Å². The molecule has 0 fully saturated rings. The maximum atomic E-state index is 13.2. The smallest absolute Gasteiger partial charge is 0.258 e. The van der Waals surface area contributed by atoms with Gasteiger partial charge in [-0.3, -0.25) is 9.59 Å². The van der Waals surface area contributed by atoms with Crippen molar-refractivity contribution in [2.75, 3.05) is 18.4 Å². The number of anilines is 1. The van der Waals surface area contributed by atoms with Crippen LogP contribution in [0, 0.1) is 6.92 Å². The van der Waals surface area contributed by atoms with Crippen molar-refractivity contribution in [3.8, 4) is 5.75 Å². The van der Waals surface area contributed by atoms with Gasteiger partial charge >= 0.3 is 0 Å². The first-order valence-corrected chi connectivity index (χ1v) is 10.7. The molecule has 10 heteroatoms. The summed E-state index contributed by atoms with van der Waals surface area (Å²) in [5.74, 6) is 0.427. The number of ether oxygens (including phenoxy) is 1. The fraction of sp³-hybridized carbons (Fsp3) is 0.273. The van der Waals surface area contributed by atoms with Gasteiger partial charge in [-0.1, -0.05) is 47.4 Å². The molecule has 2 amide bonds. The van der Waals surface area contributed by atoms with E-state index in [9.17, 15) is 9.59 Å². The van der Waals surface area contributed by atoms with E-state index in [2.05, 4.69) is 15.5 Å². The van der Waals surface area contributed by atoms with Crippen LogP contribution in [0.1, 0.15) is 35.4 Å². The minimum atomic E-state index is -0.392. The number of hydrogen-bond acceptors (Lipinski definition) is 6. The van der Waals surface area contributed by atoms with E-state index >= 15 is 0 Å². The first-order valence-electron chi connectivity index (χ1n) is 9.92. The molecule has 3 aromatic rings. The van der Waals surface area contributed by atoms with Crippen LogP contribution in [-0.2, 0) is 11.4 Å². The van der Waals surface area contributed by atoms with Crippen molar-refractivity contribution in [1.29, 1.82) is 0 Å². The van der Waals surface area contributed by atoms with E-state index in [-0.39, 0.29) is 19.1 Å². The average Bonchev–Trinajstić information content (AvgIpc) is 3.19. The summed E-state index contributed by atoms with van der Waals surface area (Å²) in [5, 5.41) is 7.28. The number of rotatable bonds is 9. The van der Waals surface area contributed by atoms with E-state index in [0.29, 0.717) is 51.7 Å². The van der Waals surface area contributed by atoms with E-state index in [4.69, 9.17) is 32.5 Å². The number of amides is 2. The zero-order valence-corrected chi connectivity index (χ0v) is 19.1. The van der Waals surface area contributed by atoms with Crippen LogP contribution < -0.4 is 10.1 Å². The van der Waals surface area contributed by atoms with Crippen molar-refractivity contribution in [3.05, 3.63) is 69.8 Å². The third kappa shape index (κ3) is 6.21. The lowest BCUT2D eigenvalue weighted by Crippen LogP contribution is -2.38. The van der Waals surface area contributed by atoms with Crippen molar-refractivity contribution in [2.45, 2.75) is 26.9 Å². The molecule has 0 aliphatic heterocycles. The summed E-state index contributed by atoms with van der Waals surface area (Å²) in [4.78, 5) is 31.4. The molecule has 0 saturated carbocycles. The van der Waals surface area contributed by atoms with Crippen molar-refractivity contribution in [1.82, 2.24) is 15.0 Å². The summed E-state index contributed by atoms with van der Waals surface area (Å²) >= 11 is 12.1. The normalized spacial score (nSPS) is 10.6. The van der Waals surface area contributed by atoms with Gasteiger partial charge in [-0.15, -0.1) is 0 Å². The Morgan fingerprint density at radius 2 is 1.97 bits per heavy atom. The van der Waals surface area contributed by atoms with Gasteiger partial charge in [0, 0.05) is 18.5 Å². The van der Waals surface area contributed by atoms with Gasteiger partial charge < -0.3 is 19.5 Å². The third-order valence-corrected chi connectivity index (χ3v) is 4.93. The van der Waals surface area contributed by atoms with Crippen LogP contribution in [0.2, 0.25) is 10.0 Å². The number of carbonyl (C=O) groups is 2. The standard InChI is InChI=1S/C22H22Cl2N4O4/c1-3-10-28(12-21(29)26-18-11-15(23)8-9-17(18)24)22(30)16-6-4-5-7-19(16)31-13-20-25-14(2)32-27-20/h4-9,11H,3,10,12-13H2,1-2H3,(H,26,29). The largest absolute Gasteiger partial charge is 0.485 e. The van der Waals surface area contributed by atoms with Crippen molar-refractivity contribution < 1.29 is 18.8 Å². The summed E-state index contributed by atoms with van der Waals surface area (Å²) in [7, 11) is 0. The quantitative estimate of drug-likeness (QED) is 0.478. The average molecular weight is 477 g/mol. The van der Waals surface area contributed by atoms with Crippen molar-refractivity contribution in [2.24, 2.45) is 0 Å². The molecule has 32 heavy (non-hydrogen) atoms. The van der Waals surface area contributed by atoms with Gasteiger partial charge in [0.05, 0.1) is 16.3 Å². The Balaban J connectivity index is 1.72. The molecular weight excluding hydrogens is 455 g/mol. The molecule has 1 heterocycles. The summed E-state index contributed by atoms with van der Waals surface area (Å²) in [6, 6.07) is 11.6. The zero-order chi connectivity index (χ0) is 23.1. The molecule has 0 aliphatic rings. The van der Waals surface area contributed by atoms with Crippen LogP contribution in [0.4, 0.5) is 5.69 Å². The lowest BCUT2D eigenvalue weighted by atomic mass is 10.1. The number of aryl methyl sites for hydroxylation is 1. The Labute approximate surface area is 195 Å². The van der Waals surface area contributed by atoms with Gasteiger partial charge in [-0.25, -0.2) is 0 Å². The fourth-order valence-electron chi connectivity index (χ4n) is 2.96. The maximum absolute atomic E-state index is 13.2. The zero-order valence-electron chi connectivity index (χ0n) is 17.6. The number of benzene rings is 2. The fourth-order valence-corrected chi connectivity index (χ4v) is 3.30. The SMILES string of the molecule is CCCN(CC(=O)Nc1cc(Cl)ccc1Cl)C(=O)c1ccccc1OCc1noc(C)n1. The Morgan fingerprint density at radius 3 is 2.69 bits per heavy atom. The van der Waals surface area contributed by atoms with Crippen molar-refractivity contribution in [3.63, 3.8) is 0 Å². The molecule has 168 valence electrons. The van der Waals surface area contributed by atoms with E-state index in [1.54, 1.807) is 49.4 Å². The first kappa shape index (κ1) is 23.6. The van der Waals surface area contributed by atoms with Gasteiger partial charge in [-0.05, 0) is 36.8 Å². The highest BCUT2D eigenvalue weighted by Crippen LogP contribution is 2.26. The lowest BCUT2D eigenvalue weighted by Gasteiger charge is -2.23.